The van der Waals surface area contributed by atoms with Crippen LogP contribution in [0.25, 0.3) is 0 Å². The lowest BCUT2D eigenvalue weighted by Crippen LogP contribution is -2.27. The highest BCUT2D eigenvalue weighted by molar-refractivity contribution is 5.93. The van der Waals surface area contributed by atoms with Crippen molar-refractivity contribution in [3.63, 3.8) is 0 Å². The minimum absolute atomic E-state index is 0.165. The maximum atomic E-state index is 11.7. The van der Waals surface area contributed by atoms with Crippen LogP contribution in [0.15, 0.2) is 25.0 Å². The van der Waals surface area contributed by atoms with E-state index in [1.54, 1.807) is 18.5 Å². The van der Waals surface area contributed by atoms with Gasteiger partial charge in [-0.25, -0.2) is 9.97 Å². The van der Waals surface area contributed by atoms with E-state index >= 15 is 0 Å². The van der Waals surface area contributed by atoms with Crippen molar-refractivity contribution in [2.24, 2.45) is 0 Å². The van der Waals surface area contributed by atoms with E-state index < -0.39 is 0 Å². The summed E-state index contributed by atoms with van der Waals surface area (Å²) in [6, 6.07) is 0. The minimum Gasteiger partial charge on any atom is -0.348 e. The molecule has 0 aromatic carbocycles. The lowest BCUT2D eigenvalue weighted by molar-refractivity contribution is 0.0957. The van der Waals surface area contributed by atoms with Crippen LogP contribution in [-0.4, -0.2) is 35.5 Å². The zero-order valence-electron chi connectivity index (χ0n) is 11.1. The van der Waals surface area contributed by atoms with E-state index in [2.05, 4.69) is 26.8 Å². The number of anilines is 1. The molecular formula is C14H20N4O. The number of nitrogens with one attached hydrogen (secondary N) is 1. The third-order valence-electron chi connectivity index (χ3n) is 3.20. The summed E-state index contributed by atoms with van der Waals surface area (Å²) in [6.07, 6.45) is 9.74. The molecule has 5 nitrogen and oxygen atoms in total. The molecule has 2 heterocycles. The van der Waals surface area contributed by atoms with Crippen molar-refractivity contribution >= 4 is 11.9 Å². The molecule has 1 aliphatic heterocycles. The fraction of sp³-hybridized carbons (Fsp3) is 0.500. The molecule has 5 heteroatoms. The summed E-state index contributed by atoms with van der Waals surface area (Å²) < 4.78 is 0. The van der Waals surface area contributed by atoms with Crippen molar-refractivity contribution in [1.82, 2.24) is 15.3 Å². The summed E-state index contributed by atoms with van der Waals surface area (Å²) >= 11 is 0. The molecule has 102 valence electrons. The average Bonchev–Trinajstić information content (AvgIpc) is 2.74. The van der Waals surface area contributed by atoms with E-state index in [1.807, 2.05) is 0 Å². The highest BCUT2D eigenvalue weighted by Gasteiger charge is 2.13. The topological polar surface area (TPSA) is 58.1 Å². The van der Waals surface area contributed by atoms with E-state index in [-0.39, 0.29) is 5.91 Å². The third kappa shape index (κ3) is 3.77. The molecule has 1 aromatic heterocycles. The first-order chi connectivity index (χ1) is 9.31. The second kappa shape index (κ2) is 6.87. The van der Waals surface area contributed by atoms with Crippen LogP contribution in [0.5, 0.6) is 0 Å². The van der Waals surface area contributed by atoms with Gasteiger partial charge in [-0.2, -0.15) is 0 Å². The van der Waals surface area contributed by atoms with Gasteiger partial charge in [0.1, 0.15) is 0 Å². The van der Waals surface area contributed by atoms with Gasteiger partial charge in [-0.05, 0) is 12.8 Å². The molecule has 0 spiro atoms. The molecule has 0 atom stereocenters. The van der Waals surface area contributed by atoms with Gasteiger partial charge >= 0.3 is 0 Å². The molecule has 1 aromatic rings. The summed E-state index contributed by atoms with van der Waals surface area (Å²) in [6.45, 7) is 6.01. The standard InChI is InChI=1S/C14H20N4O/c1-2-7-15-13(19)12-10-16-14(17-11-12)18-8-5-3-4-6-9-18/h2,10-11H,1,3-9H2,(H,15,19). The van der Waals surface area contributed by atoms with Gasteiger partial charge in [0.05, 0.1) is 5.56 Å². The molecule has 1 amide bonds. The summed E-state index contributed by atoms with van der Waals surface area (Å²) in [5, 5.41) is 2.71. The quantitative estimate of drug-likeness (QED) is 0.838. The molecule has 0 aliphatic carbocycles. The zero-order valence-corrected chi connectivity index (χ0v) is 11.1. The lowest BCUT2D eigenvalue weighted by atomic mass is 10.2. The Balaban J connectivity index is 2.00. The van der Waals surface area contributed by atoms with E-state index in [1.165, 1.54) is 25.7 Å². The Bertz CT molecular complexity index is 422. The van der Waals surface area contributed by atoms with Crippen LogP contribution in [0.1, 0.15) is 36.0 Å². The first-order valence-corrected chi connectivity index (χ1v) is 6.77. The number of amides is 1. The monoisotopic (exact) mass is 260 g/mol. The number of aromatic nitrogens is 2. The second-order valence-corrected chi connectivity index (χ2v) is 4.67. The van der Waals surface area contributed by atoms with Crippen molar-refractivity contribution in [3.8, 4) is 0 Å². The fourth-order valence-electron chi connectivity index (χ4n) is 2.14. The fourth-order valence-corrected chi connectivity index (χ4v) is 2.14. The highest BCUT2D eigenvalue weighted by atomic mass is 16.1. The van der Waals surface area contributed by atoms with Crippen LogP contribution >= 0.6 is 0 Å². The average molecular weight is 260 g/mol. The molecule has 0 saturated carbocycles. The number of hydrogen-bond donors (Lipinski definition) is 1. The van der Waals surface area contributed by atoms with Crippen molar-refractivity contribution in [2.75, 3.05) is 24.5 Å². The number of nitrogens with zero attached hydrogens (tertiary/aromatic N) is 3. The number of carbonyl (C=O) groups is 1. The van der Waals surface area contributed by atoms with Gasteiger partial charge in [0.25, 0.3) is 5.91 Å². The van der Waals surface area contributed by atoms with Gasteiger partial charge in [-0.3, -0.25) is 4.79 Å². The molecule has 0 radical (unpaired) electrons. The van der Waals surface area contributed by atoms with Crippen LogP contribution in [-0.2, 0) is 0 Å². The largest absolute Gasteiger partial charge is 0.348 e. The Hall–Kier alpha value is -1.91. The first kappa shape index (κ1) is 13.5. The van der Waals surface area contributed by atoms with Crippen molar-refractivity contribution in [3.05, 3.63) is 30.6 Å². The van der Waals surface area contributed by atoms with Crippen LogP contribution in [0.3, 0.4) is 0 Å². The highest BCUT2D eigenvalue weighted by Crippen LogP contribution is 2.14. The molecular weight excluding hydrogens is 240 g/mol. The molecule has 2 rings (SSSR count). The molecule has 1 saturated heterocycles. The SMILES string of the molecule is C=CCNC(=O)c1cnc(N2CCCCCC2)nc1. The molecule has 1 aliphatic rings. The van der Waals surface area contributed by atoms with Crippen LogP contribution < -0.4 is 10.2 Å². The summed E-state index contributed by atoms with van der Waals surface area (Å²) in [5.41, 5.74) is 0.487. The van der Waals surface area contributed by atoms with Crippen LogP contribution in [0, 0.1) is 0 Å². The summed E-state index contributed by atoms with van der Waals surface area (Å²) in [5.74, 6) is 0.560. The second-order valence-electron chi connectivity index (χ2n) is 4.67. The Labute approximate surface area is 113 Å². The van der Waals surface area contributed by atoms with Gasteiger partial charge in [-0.1, -0.05) is 18.9 Å². The maximum absolute atomic E-state index is 11.7. The van der Waals surface area contributed by atoms with Gasteiger partial charge in [0.15, 0.2) is 0 Å². The van der Waals surface area contributed by atoms with Gasteiger partial charge in [0, 0.05) is 32.0 Å². The van der Waals surface area contributed by atoms with Crippen molar-refractivity contribution in [1.29, 1.82) is 0 Å². The lowest BCUT2D eigenvalue weighted by Gasteiger charge is -2.19. The van der Waals surface area contributed by atoms with Gasteiger partial charge < -0.3 is 10.2 Å². The smallest absolute Gasteiger partial charge is 0.254 e. The number of hydrogen-bond acceptors (Lipinski definition) is 4. The van der Waals surface area contributed by atoms with E-state index in [0.717, 1.165) is 19.0 Å². The van der Waals surface area contributed by atoms with E-state index in [0.29, 0.717) is 12.1 Å². The van der Waals surface area contributed by atoms with Gasteiger partial charge in [-0.15, -0.1) is 6.58 Å². The van der Waals surface area contributed by atoms with E-state index in [9.17, 15) is 4.79 Å². The molecule has 0 bridgehead atoms. The normalized spacial score (nSPS) is 15.7. The minimum atomic E-state index is -0.165. The van der Waals surface area contributed by atoms with Crippen molar-refractivity contribution < 1.29 is 4.79 Å². The Morgan fingerprint density at radius 3 is 2.47 bits per heavy atom. The predicted molar refractivity (Wildman–Crippen MR) is 75.2 cm³/mol. The third-order valence-corrected chi connectivity index (χ3v) is 3.20. The Morgan fingerprint density at radius 1 is 1.26 bits per heavy atom. The first-order valence-electron chi connectivity index (χ1n) is 6.77. The summed E-state index contributed by atoms with van der Waals surface area (Å²) in [4.78, 5) is 22.5. The van der Waals surface area contributed by atoms with Crippen molar-refractivity contribution in [2.45, 2.75) is 25.7 Å². The zero-order chi connectivity index (χ0) is 13.5. The van der Waals surface area contributed by atoms with E-state index in [4.69, 9.17) is 0 Å². The molecule has 1 fully saturated rings. The van der Waals surface area contributed by atoms with Gasteiger partial charge in [0.2, 0.25) is 5.95 Å². The molecule has 0 unspecified atom stereocenters. The molecule has 1 N–H and O–H groups in total. The number of carbonyl (C=O) groups excluding carboxylic acids is 1. The molecule has 19 heavy (non-hydrogen) atoms. The Morgan fingerprint density at radius 2 is 1.89 bits per heavy atom. The number of rotatable bonds is 4. The van der Waals surface area contributed by atoms with Crippen LogP contribution in [0.4, 0.5) is 5.95 Å². The van der Waals surface area contributed by atoms with Crippen LogP contribution in [0.2, 0.25) is 0 Å². The predicted octanol–water partition coefficient (Wildman–Crippen LogP) is 1.77. The Kier molecular flexibility index (Phi) is 4.89. The maximum Gasteiger partial charge on any atom is 0.254 e. The summed E-state index contributed by atoms with van der Waals surface area (Å²) in [7, 11) is 0.